The third kappa shape index (κ3) is 6.41. The average molecular weight is 404 g/mol. The van der Waals surface area contributed by atoms with Gasteiger partial charge in [-0.25, -0.2) is 4.79 Å². The van der Waals surface area contributed by atoms with Crippen LogP contribution in [-0.4, -0.2) is 44.7 Å². The number of carbonyl (C=O) groups is 1. The van der Waals surface area contributed by atoms with E-state index in [1.165, 1.54) is 14.2 Å². The summed E-state index contributed by atoms with van der Waals surface area (Å²) in [6.07, 6.45) is 1.58. The maximum Gasteiger partial charge on any atom is 0.343 e. The first-order valence-corrected chi connectivity index (χ1v) is 7.86. The quantitative estimate of drug-likeness (QED) is 0.311. The number of methoxy groups -OCH3 is 2. The number of esters is 1. The minimum atomic E-state index is -0.481. The van der Waals surface area contributed by atoms with E-state index in [4.69, 9.17) is 21.7 Å². The van der Waals surface area contributed by atoms with Crippen LogP contribution in [0.5, 0.6) is 11.5 Å². The van der Waals surface area contributed by atoms with Crippen molar-refractivity contribution in [2.75, 3.05) is 27.4 Å². The summed E-state index contributed by atoms with van der Waals surface area (Å²) < 4.78 is 15.8. The molecule has 0 aliphatic heterocycles. The Hall–Kier alpha value is -1.87. The Kier molecular flexibility index (Phi) is 8.35. The first kappa shape index (κ1) is 19.2. The number of nitrogens with zero attached hydrogens (tertiary/aromatic N) is 1. The lowest BCUT2D eigenvalue weighted by molar-refractivity contribution is -0.142. The predicted octanol–water partition coefficient (Wildman–Crippen LogP) is 1.83. The van der Waals surface area contributed by atoms with Crippen molar-refractivity contribution in [3.05, 3.63) is 22.2 Å². The van der Waals surface area contributed by atoms with Crippen LogP contribution in [0.15, 0.2) is 21.7 Å². The maximum absolute atomic E-state index is 11.2. The summed E-state index contributed by atoms with van der Waals surface area (Å²) in [7, 11) is 2.80. The van der Waals surface area contributed by atoms with Gasteiger partial charge in [0.25, 0.3) is 0 Å². The highest BCUT2D eigenvalue weighted by molar-refractivity contribution is 9.10. The molecule has 0 saturated heterocycles. The minimum Gasteiger partial charge on any atom is -0.493 e. The summed E-state index contributed by atoms with van der Waals surface area (Å²) in [5.41, 5.74) is 3.45. The van der Waals surface area contributed by atoms with E-state index in [2.05, 4.69) is 36.5 Å². The Morgan fingerprint density at radius 1 is 1.43 bits per heavy atom. The average Bonchev–Trinajstić information content (AvgIpc) is 2.53. The van der Waals surface area contributed by atoms with Crippen molar-refractivity contribution in [3.63, 3.8) is 0 Å². The Bertz CT molecular complexity index is 596. The fourth-order valence-electron chi connectivity index (χ4n) is 1.51. The lowest BCUT2D eigenvalue weighted by Crippen LogP contribution is -2.31. The van der Waals surface area contributed by atoms with Crippen LogP contribution < -0.4 is 20.2 Å². The molecule has 0 bridgehead atoms. The number of halogens is 1. The third-order valence-electron chi connectivity index (χ3n) is 2.53. The van der Waals surface area contributed by atoms with Crippen molar-refractivity contribution in [3.8, 4) is 11.5 Å². The monoisotopic (exact) mass is 403 g/mol. The SMILES string of the molecule is CCNC(=S)NN=Cc1cc(Br)c(OCC(=O)OC)c(OC)c1. The van der Waals surface area contributed by atoms with Gasteiger partial charge in [-0.2, -0.15) is 5.10 Å². The molecule has 0 heterocycles. The molecule has 0 aliphatic rings. The minimum absolute atomic E-state index is 0.211. The second kappa shape index (κ2) is 10.0. The fraction of sp³-hybridized carbons (Fsp3) is 0.357. The van der Waals surface area contributed by atoms with Crippen molar-refractivity contribution >= 4 is 45.4 Å². The van der Waals surface area contributed by atoms with E-state index in [0.717, 1.165) is 5.56 Å². The van der Waals surface area contributed by atoms with Gasteiger partial charge in [0.1, 0.15) is 0 Å². The molecule has 23 heavy (non-hydrogen) atoms. The van der Waals surface area contributed by atoms with Crippen LogP contribution in [0.2, 0.25) is 0 Å². The van der Waals surface area contributed by atoms with Crippen molar-refractivity contribution in [1.29, 1.82) is 0 Å². The molecule has 126 valence electrons. The summed E-state index contributed by atoms with van der Waals surface area (Å²) in [5, 5.41) is 7.38. The molecule has 0 unspecified atom stereocenters. The molecule has 0 spiro atoms. The number of ether oxygens (including phenoxy) is 3. The molecule has 0 aromatic heterocycles. The third-order valence-corrected chi connectivity index (χ3v) is 3.36. The van der Waals surface area contributed by atoms with E-state index in [0.29, 0.717) is 27.6 Å². The molecule has 0 aliphatic carbocycles. The van der Waals surface area contributed by atoms with E-state index in [9.17, 15) is 4.79 Å². The number of carbonyl (C=O) groups excluding carboxylic acids is 1. The molecule has 1 rings (SSSR count). The Morgan fingerprint density at radius 3 is 2.78 bits per heavy atom. The van der Waals surface area contributed by atoms with Gasteiger partial charge in [0, 0.05) is 6.54 Å². The largest absolute Gasteiger partial charge is 0.493 e. The topological polar surface area (TPSA) is 81.2 Å². The van der Waals surface area contributed by atoms with Gasteiger partial charge in [-0.1, -0.05) is 0 Å². The number of benzene rings is 1. The number of hydrazone groups is 1. The molecular formula is C14H18BrN3O4S. The van der Waals surface area contributed by atoms with Crippen molar-refractivity contribution in [2.24, 2.45) is 5.10 Å². The summed E-state index contributed by atoms with van der Waals surface area (Å²) in [6, 6.07) is 3.50. The Labute approximate surface area is 148 Å². The van der Waals surface area contributed by atoms with Gasteiger partial charge in [0.05, 0.1) is 24.9 Å². The summed E-state index contributed by atoms with van der Waals surface area (Å²) >= 11 is 8.38. The first-order chi connectivity index (χ1) is 11.0. The first-order valence-electron chi connectivity index (χ1n) is 6.65. The predicted molar refractivity (Wildman–Crippen MR) is 95.2 cm³/mol. The van der Waals surface area contributed by atoms with E-state index in [1.54, 1.807) is 18.3 Å². The molecule has 7 nitrogen and oxygen atoms in total. The Balaban J connectivity index is 2.84. The molecule has 1 aromatic carbocycles. The molecule has 0 saturated carbocycles. The normalized spacial score (nSPS) is 10.3. The van der Waals surface area contributed by atoms with Crippen LogP contribution in [0.3, 0.4) is 0 Å². The molecule has 0 atom stereocenters. The zero-order valence-electron chi connectivity index (χ0n) is 13.0. The van der Waals surface area contributed by atoms with Crippen LogP contribution in [0.4, 0.5) is 0 Å². The number of rotatable bonds is 7. The second-order valence-electron chi connectivity index (χ2n) is 4.13. The molecule has 1 aromatic rings. The number of hydrogen-bond donors (Lipinski definition) is 2. The number of thiocarbonyl (C=S) groups is 1. The maximum atomic E-state index is 11.2. The van der Waals surface area contributed by atoms with Crippen molar-refractivity contribution in [2.45, 2.75) is 6.92 Å². The number of hydrogen-bond acceptors (Lipinski definition) is 6. The zero-order valence-corrected chi connectivity index (χ0v) is 15.4. The van der Waals surface area contributed by atoms with E-state index < -0.39 is 5.97 Å². The molecule has 2 N–H and O–H groups in total. The van der Waals surface area contributed by atoms with Gasteiger partial charge < -0.3 is 19.5 Å². The Morgan fingerprint density at radius 2 is 2.17 bits per heavy atom. The van der Waals surface area contributed by atoms with Gasteiger partial charge in [-0.05, 0) is 52.8 Å². The van der Waals surface area contributed by atoms with E-state index >= 15 is 0 Å². The molecule has 9 heteroatoms. The highest BCUT2D eigenvalue weighted by Gasteiger charge is 2.13. The fourth-order valence-corrected chi connectivity index (χ4v) is 2.28. The van der Waals surface area contributed by atoms with Gasteiger partial charge >= 0.3 is 5.97 Å². The van der Waals surface area contributed by atoms with Crippen molar-refractivity contribution < 1.29 is 19.0 Å². The summed E-state index contributed by atoms with van der Waals surface area (Å²) in [6.45, 7) is 2.44. The molecular weight excluding hydrogens is 386 g/mol. The van der Waals surface area contributed by atoms with E-state index in [-0.39, 0.29) is 6.61 Å². The van der Waals surface area contributed by atoms with Crippen LogP contribution >= 0.6 is 28.1 Å². The van der Waals surface area contributed by atoms with Crippen LogP contribution in [-0.2, 0) is 9.53 Å². The zero-order chi connectivity index (χ0) is 17.2. The summed E-state index contributed by atoms with van der Waals surface area (Å²) in [5.74, 6) is 0.385. The highest BCUT2D eigenvalue weighted by Crippen LogP contribution is 2.36. The van der Waals surface area contributed by atoms with Crippen LogP contribution in [0, 0.1) is 0 Å². The summed E-state index contributed by atoms with van der Waals surface area (Å²) in [4.78, 5) is 11.2. The van der Waals surface area contributed by atoms with Crippen LogP contribution in [0.25, 0.3) is 0 Å². The highest BCUT2D eigenvalue weighted by atomic mass is 79.9. The van der Waals surface area contributed by atoms with Crippen LogP contribution in [0.1, 0.15) is 12.5 Å². The number of nitrogens with one attached hydrogen (secondary N) is 2. The lowest BCUT2D eigenvalue weighted by Gasteiger charge is -2.12. The molecule has 0 amide bonds. The second-order valence-corrected chi connectivity index (χ2v) is 5.39. The van der Waals surface area contributed by atoms with Gasteiger partial charge in [-0.3, -0.25) is 5.43 Å². The van der Waals surface area contributed by atoms with Gasteiger partial charge in [0.15, 0.2) is 23.2 Å². The molecule has 0 fully saturated rings. The lowest BCUT2D eigenvalue weighted by atomic mass is 10.2. The standard InChI is InChI=1S/C14H18BrN3O4S/c1-4-16-14(23)18-17-7-9-5-10(15)13(11(6-9)20-2)22-8-12(19)21-3/h5-7H,4,8H2,1-3H3,(H2,16,18,23). The van der Waals surface area contributed by atoms with Crippen molar-refractivity contribution in [1.82, 2.24) is 10.7 Å². The van der Waals surface area contributed by atoms with E-state index in [1.807, 2.05) is 6.92 Å². The molecule has 0 radical (unpaired) electrons. The smallest absolute Gasteiger partial charge is 0.343 e. The van der Waals surface area contributed by atoms with Gasteiger partial charge in [-0.15, -0.1) is 0 Å². The van der Waals surface area contributed by atoms with Gasteiger partial charge in [0.2, 0.25) is 0 Å².